The Kier molecular flexibility index (Phi) is 8.50. The number of aromatic amines is 1. The highest BCUT2D eigenvalue weighted by molar-refractivity contribution is 9.10. The van der Waals surface area contributed by atoms with Crippen LogP contribution in [0.4, 0.5) is 5.82 Å². The van der Waals surface area contributed by atoms with E-state index in [4.69, 9.17) is 4.74 Å². The molecular formula is C20H27BrN2O5. The molecule has 0 spiro atoms. The Bertz CT molecular complexity index is 819. The standard InChI is InChI=1S/C20H27BrN2O5/c1-3-7-22-19-16(17(21)18(23-19)20(27)28-8-4-2)13-6-5-12(9-24)14(10-25)15(13)11-26/h5-6,22-26H,3-4,7-11H2,1-2H3. The zero-order valence-corrected chi connectivity index (χ0v) is 17.7. The molecule has 5 N–H and O–H groups in total. The molecule has 1 heterocycles. The van der Waals surface area contributed by atoms with Crippen molar-refractivity contribution in [1.82, 2.24) is 4.98 Å². The molecule has 0 aliphatic carbocycles. The minimum Gasteiger partial charge on any atom is -0.461 e. The van der Waals surface area contributed by atoms with Crippen molar-refractivity contribution in [2.75, 3.05) is 18.5 Å². The summed E-state index contributed by atoms with van der Waals surface area (Å²) >= 11 is 3.50. The maximum atomic E-state index is 12.4. The molecule has 2 aromatic rings. The number of nitrogens with one attached hydrogen (secondary N) is 2. The lowest BCUT2D eigenvalue weighted by atomic mass is 9.93. The van der Waals surface area contributed by atoms with E-state index in [1.165, 1.54) is 0 Å². The summed E-state index contributed by atoms with van der Waals surface area (Å²) in [6, 6.07) is 3.47. The van der Waals surface area contributed by atoms with Gasteiger partial charge >= 0.3 is 5.97 Å². The molecule has 154 valence electrons. The van der Waals surface area contributed by atoms with E-state index < -0.39 is 5.97 Å². The van der Waals surface area contributed by atoms with Gasteiger partial charge in [-0.3, -0.25) is 0 Å². The monoisotopic (exact) mass is 454 g/mol. The average molecular weight is 455 g/mol. The Morgan fingerprint density at radius 3 is 2.39 bits per heavy atom. The summed E-state index contributed by atoms with van der Waals surface area (Å²) in [5.41, 5.74) is 3.13. The Balaban J connectivity index is 2.66. The average Bonchev–Trinajstić information content (AvgIpc) is 3.04. The second kappa shape index (κ2) is 10.6. The van der Waals surface area contributed by atoms with Crippen molar-refractivity contribution in [3.05, 3.63) is 39.0 Å². The maximum Gasteiger partial charge on any atom is 0.356 e. The van der Waals surface area contributed by atoms with Crippen LogP contribution in [0.2, 0.25) is 0 Å². The lowest BCUT2D eigenvalue weighted by molar-refractivity contribution is 0.0498. The summed E-state index contributed by atoms with van der Waals surface area (Å²) in [4.78, 5) is 15.5. The van der Waals surface area contributed by atoms with E-state index >= 15 is 0 Å². The number of halogens is 1. The molecule has 1 aromatic carbocycles. The van der Waals surface area contributed by atoms with Gasteiger partial charge in [-0.15, -0.1) is 0 Å². The predicted molar refractivity (Wildman–Crippen MR) is 111 cm³/mol. The molecule has 0 aliphatic rings. The summed E-state index contributed by atoms with van der Waals surface area (Å²) in [5, 5.41) is 32.5. The van der Waals surface area contributed by atoms with Crippen molar-refractivity contribution >= 4 is 27.7 Å². The molecule has 1 aromatic heterocycles. The topological polar surface area (TPSA) is 115 Å². The van der Waals surface area contributed by atoms with Crippen molar-refractivity contribution in [2.24, 2.45) is 0 Å². The van der Waals surface area contributed by atoms with Crippen LogP contribution in [-0.2, 0) is 24.6 Å². The number of carbonyl (C=O) groups excluding carboxylic acids is 1. The molecule has 0 fully saturated rings. The number of aromatic nitrogens is 1. The summed E-state index contributed by atoms with van der Waals surface area (Å²) in [6.07, 6.45) is 1.60. The van der Waals surface area contributed by atoms with Crippen LogP contribution in [0.5, 0.6) is 0 Å². The first-order chi connectivity index (χ1) is 13.5. The van der Waals surface area contributed by atoms with E-state index in [1.54, 1.807) is 12.1 Å². The first-order valence-electron chi connectivity index (χ1n) is 9.32. The minimum atomic E-state index is -0.473. The molecule has 8 heteroatoms. The lowest BCUT2D eigenvalue weighted by Crippen LogP contribution is -2.07. The van der Waals surface area contributed by atoms with Gasteiger partial charge in [0.15, 0.2) is 0 Å². The van der Waals surface area contributed by atoms with Gasteiger partial charge in [-0.05, 0) is 51.0 Å². The number of carbonyl (C=O) groups is 1. The molecule has 7 nitrogen and oxygen atoms in total. The van der Waals surface area contributed by atoms with Crippen molar-refractivity contribution in [3.8, 4) is 11.1 Å². The van der Waals surface area contributed by atoms with Crippen LogP contribution >= 0.6 is 15.9 Å². The second-order valence-corrected chi connectivity index (χ2v) is 7.12. The largest absolute Gasteiger partial charge is 0.461 e. The summed E-state index contributed by atoms with van der Waals surface area (Å²) in [6.45, 7) is 4.07. The second-order valence-electron chi connectivity index (χ2n) is 6.33. The van der Waals surface area contributed by atoms with Crippen LogP contribution in [0.1, 0.15) is 53.9 Å². The van der Waals surface area contributed by atoms with Crippen LogP contribution in [0.3, 0.4) is 0 Å². The zero-order valence-electron chi connectivity index (χ0n) is 16.1. The SMILES string of the molecule is CCCNc1[nH]c(C(=O)OCCC)c(Br)c1-c1ccc(CO)c(CO)c1CO. The molecule has 0 amide bonds. The Morgan fingerprint density at radius 1 is 1.11 bits per heavy atom. The number of aliphatic hydroxyl groups is 3. The highest BCUT2D eigenvalue weighted by atomic mass is 79.9. The number of ether oxygens (including phenoxy) is 1. The molecule has 28 heavy (non-hydrogen) atoms. The smallest absolute Gasteiger partial charge is 0.356 e. The van der Waals surface area contributed by atoms with E-state index in [0.717, 1.165) is 12.8 Å². The highest BCUT2D eigenvalue weighted by Gasteiger charge is 2.25. The molecule has 0 atom stereocenters. The quantitative estimate of drug-likeness (QED) is 0.351. The zero-order chi connectivity index (χ0) is 20.7. The van der Waals surface area contributed by atoms with Gasteiger partial charge in [0.05, 0.1) is 30.9 Å². The highest BCUT2D eigenvalue weighted by Crippen LogP contribution is 2.41. The van der Waals surface area contributed by atoms with Gasteiger partial charge in [0, 0.05) is 12.1 Å². The number of hydrogen-bond donors (Lipinski definition) is 5. The molecule has 0 saturated heterocycles. The predicted octanol–water partition coefficient (Wildman–Crippen LogP) is 3.31. The third-order valence-corrected chi connectivity index (χ3v) is 5.21. The van der Waals surface area contributed by atoms with Crippen molar-refractivity contribution in [1.29, 1.82) is 0 Å². The minimum absolute atomic E-state index is 0.243. The molecule has 0 aliphatic heterocycles. The van der Waals surface area contributed by atoms with Gasteiger partial charge in [0.25, 0.3) is 0 Å². The summed E-state index contributed by atoms with van der Waals surface area (Å²) in [7, 11) is 0. The van der Waals surface area contributed by atoms with Gasteiger partial charge < -0.3 is 30.4 Å². The van der Waals surface area contributed by atoms with Crippen LogP contribution in [0.15, 0.2) is 16.6 Å². The summed E-state index contributed by atoms with van der Waals surface area (Å²) in [5.74, 6) is 0.145. The van der Waals surface area contributed by atoms with E-state index in [9.17, 15) is 20.1 Å². The van der Waals surface area contributed by atoms with E-state index in [-0.39, 0.29) is 25.5 Å². The van der Waals surface area contributed by atoms with E-state index in [2.05, 4.69) is 26.2 Å². The van der Waals surface area contributed by atoms with Gasteiger partial charge in [0.2, 0.25) is 0 Å². The fourth-order valence-electron chi connectivity index (χ4n) is 3.02. The number of rotatable bonds is 10. The van der Waals surface area contributed by atoms with Crippen LogP contribution in [-0.4, -0.2) is 39.4 Å². The number of benzene rings is 1. The van der Waals surface area contributed by atoms with Gasteiger partial charge in [-0.1, -0.05) is 26.0 Å². The Hall–Kier alpha value is -1.87. The summed E-state index contributed by atoms with van der Waals surface area (Å²) < 4.78 is 5.77. The molecule has 0 saturated carbocycles. The van der Waals surface area contributed by atoms with Crippen LogP contribution in [0, 0.1) is 0 Å². The van der Waals surface area contributed by atoms with E-state index in [0.29, 0.717) is 51.3 Å². The maximum absolute atomic E-state index is 12.4. The van der Waals surface area contributed by atoms with Gasteiger partial charge in [-0.25, -0.2) is 4.79 Å². The third-order valence-electron chi connectivity index (χ3n) is 4.42. The number of aliphatic hydroxyl groups excluding tert-OH is 3. The normalized spacial score (nSPS) is 10.9. The van der Waals surface area contributed by atoms with Gasteiger partial charge in [0.1, 0.15) is 11.5 Å². The van der Waals surface area contributed by atoms with Crippen molar-refractivity contribution in [3.63, 3.8) is 0 Å². The number of H-pyrrole nitrogens is 1. The first kappa shape index (κ1) is 22.4. The molecule has 0 radical (unpaired) electrons. The fourth-order valence-corrected chi connectivity index (χ4v) is 3.69. The molecule has 2 rings (SSSR count). The Labute approximate surface area is 172 Å². The van der Waals surface area contributed by atoms with Crippen molar-refractivity contribution < 1.29 is 24.9 Å². The Morgan fingerprint density at radius 2 is 1.82 bits per heavy atom. The van der Waals surface area contributed by atoms with Crippen LogP contribution < -0.4 is 5.32 Å². The molecule has 0 unspecified atom stereocenters. The first-order valence-corrected chi connectivity index (χ1v) is 10.1. The fraction of sp³-hybridized carbons (Fsp3) is 0.450. The van der Waals surface area contributed by atoms with Gasteiger partial charge in [-0.2, -0.15) is 0 Å². The number of anilines is 1. The lowest BCUT2D eigenvalue weighted by Gasteiger charge is -2.16. The molecule has 0 bridgehead atoms. The number of esters is 1. The van der Waals surface area contributed by atoms with E-state index in [1.807, 2.05) is 13.8 Å². The number of hydrogen-bond acceptors (Lipinski definition) is 6. The van der Waals surface area contributed by atoms with Crippen molar-refractivity contribution in [2.45, 2.75) is 46.5 Å². The third kappa shape index (κ3) is 4.57. The van der Waals surface area contributed by atoms with Crippen LogP contribution in [0.25, 0.3) is 11.1 Å². The molecular weight excluding hydrogens is 428 g/mol.